The third-order valence-corrected chi connectivity index (χ3v) is 3.97. The number of carbonyl (C=O) groups is 2. The predicted molar refractivity (Wildman–Crippen MR) is 108 cm³/mol. The summed E-state index contributed by atoms with van der Waals surface area (Å²) in [5.41, 5.74) is 3.43. The Bertz CT molecular complexity index is 1030. The van der Waals surface area contributed by atoms with Gasteiger partial charge in [-0.25, -0.2) is 10.2 Å². The molecule has 1 amide bonds. The van der Waals surface area contributed by atoms with Crippen LogP contribution in [0.15, 0.2) is 69.0 Å². The molecule has 148 valence electrons. The Labute approximate surface area is 174 Å². The molecule has 0 aliphatic carbocycles. The Morgan fingerprint density at radius 3 is 2.83 bits per heavy atom. The number of hydrogen-bond donors (Lipinski definition) is 1. The van der Waals surface area contributed by atoms with E-state index in [4.69, 9.17) is 13.9 Å². The molecule has 29 heavy (non-hydrogen) atoms. The normalized spacial score (nSPS) is 10.7. The molecule has 0 radical (unpaired) electrons. The van der Waals surface area contributed by atoms with Gasteiger partial charge in [0.05, 0.1) is 24.6 Å². The van der Waals surface area contributed by atoms with E-state index in [0.717, 1.165) is 0 Å². The minimum absolute atomic E-state index is 0.0860. The molecule has 0 fully saturated rings. The Morgan fingerprint density at radius 2 is 2.10 bits per heavy atom. The number of carbonyl (C=O) groups excluding carboxylic acids is 2. The van der Waals surface area contributed by atoms with Crippen LogP contribution in [0.1, 0.15) is 33.4 Å². The van der Waals surface area contributed by atoms with Crippen LogP contribution < -0.4 is 14.9 Å². The van der Waals surface area contributed by atoms with Gasteiger partial charge in [-0.05, 0) is 64.8 Å². The van der Waals surface area contributed by atoms with Gasteiger partial charge in [-0.3, -0.25) is 9.78 Å². The SMILES string of the molecule is CCOc1cc(/C=N/NC(=O)c2cncc(Br)c2)ccc1OC(=O)c1ccco1. The summed E-state index contributed by atoms with van der Waals surface area (Å²) in [5.74, 6) is -0.340. The summed E-state index contributed by atoms with van der Waals surface area (Å²) in [5, 5.41) is 3.93. The van der Waals surface area contributed by atoms with Gasteiger partial charge >= 0.3 is 5.97 Å². The highest BCUT2D eigenvalue weighted by atomic mass is 79.9. The van der Waals surface area contributed by atoms with Crippen molar-refractivity contribution in [2.45, 2.75) is 6.92 Å². The standard InChI is InChI=1S/C20H16BrN3O5/c1-2-27-18-8-13(5-6-16(18)29-20(26)17-4-3-7-28-17)10-23-24-19(25)14-9-15(21)12-22-11-14/h3-12H,2H2,1H3,(H,24,25)/b23-10+. The summed E-state index contributed by atoms with van der Waals surface area (Å²) in [6.45, 7) is 2.18. The summed E-state index contributed by atoms with van der Waals surface area (Å²) < 4.78 is 16.6. The second-order valence-electron chi connectivity index (χ2n) is 5.60. The number of amides is 1. The highest BCUT2D eigenvalue weighted by Crippen LogP contribution is 2.29. The first-order valence-electron chi connectivity index (χ1n) is 8.53. The van der Waals surface area contributed by atoms with Crippen LogP contribution in [0.25, 0.3) is 0 Å². The molecule has 0 aliphatic rings. The van der Waals surface area contributed by atoms with E-state index in [1.807, 2.05) is 6.92 Å². The average molecular weight is 458 g/mol. The summed E-state index contributed by atoms with van der Waals surface area (Å²) in [6, 6.07) is 9.62. The number of rotatable bonds is 7. The van der Waals surface area contributed by atoms with Gasteiger partial charge in [0.2, 0.25) is 5.76 Å². The second kappa shape index (κ2) is 9.65. The van der Waals surface area contributed by atoms with Crippen molar-refractivity contribution in [1.82, 2.24) is 10.4 Å². The van der Waals surface area contributed by atoms with Crippen molar-refractivity contribution >= 4 is 34.0 Å². The van der Waals surface area contributed by atoms with Crippen LogP contribution in [0, 0.1) is 0 Å². The Morgan fingerprint density at radius 1 is 1.24 bits per heavy atom. The number of nitrogens with one attached hydrogen (secondary N) is 1. The van der Waals surface area contributed by atoms with Gasteiger partial charge < -0.3 is 13.9 Å². The zero-order chi connectivity index (χ0) is 20.6. The largest absolute Gasteiger partial charge is 0.490 e. The van der Waals surface area contributed by atoms with Crippen LogP contribution in [0.5, 0.6) is 11.5 Å². The van der Waals surface area contributed by atoms with Gasteiger partial charge in [0.15, 0.2) is 11.5 Å². The fourth-order valence-corrected chi connectivity index (χ4v) is 2.63. The van der Waals surface area contributed by atoms with Crippen molar-refractivity contribution < 1.29 is 23.5 Å². The zero-order valence-electron chi connectivity index (χ0n) is 15.3. The topological polar surface area (TPSA) is 103 Å². The van der Waals surface area contributed by atoms with Gasteiger partial charge in [0.25, 0.3) is 5.91 Å². The lowest BCUT2D eigenvalue weighted by Gasteiger charge is -2.10. The summed E-state index contributed by atoms with van der Waals surface area (Å²) in [4.78, 5) is 28.1. The van der Waals surface area contributed by atoms with Gasteiger partial charge in [-0.1, -0.05) is 0 Å². The lowest BCUT2D eigenvalue weighted by Crippen LogP contribution is -2.17. The molecule has 2 heterocycles. The predicted octanol–water partition coefficient (Wildman–Crippen LogP) is 3.82. The van der Waals surface area contributed by atoms with Crippen molar-refractivity contribution in [1.29, 1.82) is 0 Å². The fourth-order valence-electron chi connectivity index (χ4n) is 2.27. The number of benzene rings is 1. The van der Waals surface area contributed by atoms with E-state index in [1.54, 1.807) is 36.5 Å². The molecule has 9 heteroatoms. The first kappa shape index (κ1) is 20.3. The van der Waals surface area contributed by atoms with Crippen LogP contribution >= 0.6 is 15.9 Å². The molecular formula is C20H16BrN3O5. The van der Waals surface area contributed by atoms with Crippen molar-refractivity contribution in [3.63, 3.8) is 0 Å². The molecule has 0 bridgehead atoms. The number of ether oxygens (including phenoxy) is 2. The minimum Gasteiger partial charge on any atom is -0.490 e. The van der Waals surface area contributed by atoms with Crippen LogP contribution in [-0.2, 0) is 0 Å². The molecule has 1 aromatic carbocycles. The first-order valence-corrected chi connectivity index (χ1v) is 9.32. The second-order valence-corrected chi connectivity index (χ2v) is 6.51. The number of hydrazone groups is 1. The minimum atomic E-state index is -0.632. The van der Waals surface area contributed by atoms with Crippen molar-refractivity contribution in [3.05, 3.63) is 76.4 Å². The Balaban J connectivity index is 1.69. The molecule has 3 rings (SSSR count). The van der Waals surface area contributed by atoms with Crippen LogP contribution in [0.2, 0.25) is 0 Å². The van der Waals surface area contributed by atoms with Gasteiger partial charge in [-0.2, -0.15) is 5.10 Å². The van der Waals surface area contributed by atoms with E-state index in [1.165, 1.54) is 24.7 Å². The number of aromatic nitrogens is 1. The highest BCUT2D eigenvalue weighted by molar-refractivity contribution is 9.10. The van der Waals surface area contributed by atoms with Gasteiger partial charge in [0, 0.05) is 16.9 Å². The third-order valence-electron chi connectivity index (χ3n) is 3.54. The van der Waals surface area contributed by atoms with Crippen LogP contribution in [-0.4, -0.2) is 29.7 Å². The Hall–Kier alpha value is -3.46. The van der Waals surface area contributed by atoms with Crippen LogP contribution in [0.3, 0.4) is 0 Å². The molecule has 8 nitrogen and oxygen atoms in total. The number of esters is 1. The third kappa shape index (κ3) is 5.52. The molecule has 0 saturated heterocycles. The van der Waals surface area contributed by atoms with Crippen LogP contribution in [0.4, 0.5) is 0 Å². The van der Waals surface area contributed by atoms with Crippen molar-refractivity contribution in [3.8, 4) is 11.5 Å². The molecule has 0 unspecified atom stereocenters. The molecule has 0 saturated carbocycles. The van der Waals surface area contributed by atoms with Gasteiger partial charge in [0.1, 0.15) is 0 Å². The molecule has 1 N–H and O–H groups in total. The van der Waals surface area contributed by atoms with E-state index < -0.39 is 11.9 Å². The first-order chi connectivity index (χ1) is 14.1. The lowest BCUT2D eigenvalue weighted by atomic mass is 10.2. The fraction of sp³-hybridized carbons (Fsp3) is 0.100. The number of halogens is 1. The van der Waals surface area contributed by atoms with E-state index in [2.05, 4.69) is 31.4 Å². The van der Waals surface area contributed by atoms with E-state index >= 15 is 0 Å². The number of pyridine rings is 1. The summed E-state index contributed by atoms with van der Waals surface area (Å²) in [6.07, 6.45) is 5.85. The number of hydrogen-bond acceptors (Lipinski definition) is 7. The van der Waals surface area contributed by atoms with E-state index in [0.29, 0.717) is 28.0 Å². The maximum atomic E-state index is 12.1. The van der Waals surface area contributed by atoms with Crippen molar-refractivity contribution in [2.75, 3.05) is 6.61 Å². The molecule has 0 aliphatic heterocycles. The molecular weight excluding hydrogens is 442 g/mol. The lowest BCUT2D eigenvalue weighted by molar-refractivity contribution is 0.0695. The maximum Gasteiger partial charge on any atom is 0.379 e. The smallest absolute Gasteiger partial charge is 0.379 e. The average Bonchev–Trinajstić information content (AvgIpc) is 3.25. The van der Waals surface area contributed by atoms with Gasteiger partial charge in [-0.15, -0.1) is 0 Å². The number of nitrogens with zero attached hydrogens (tertiary/aromatic N) is 2. The monoisotopic (exact) mass is 457 g/mol. The zero-order valence-corrected chi connectivity index (χ0v) is 16.9. The Kier molecular flexibility index (Phi) is 6.75. The molecule has 3 aromatic rings. The quantitative estimate of drug-likeness (QED) is 0.250. The summed E-state index contributed by atoms with van der Waals surface area (Å²) in [7, 11) is 0. The molecule has 0 atom stereocenters. The maximum absolute atomic E-state index is 12.1. The number of furan rings is 1. The summed E-state index contributed by atoms with van der Waals surface area (Å²) >= 11 is 3.26. The van der Waals surface area contributed by atoms with E-state index in [9.17, 15) is 9.59 Å². The van der Waals surface area contributed by atoms with Crippen molar-refractivity contribution in [2.24, 2.45) is 5.10 Å². The molecule has 2 aromatic heterocycles. The highest BCUT2D eigenvalue weighted by Gasteiger charge is 2.15. The van der Waals surface area contributed by atoms with E-state index in [-0.39, 0.29) is 11.5 Å². The molecule has 0 spiro atoms.